The molecule has 356 valence electrons. The number of rotatable bonds is 28. The Bertz CT molecular complexity index is 1750. The molecule has 1 aliphatic carbocycles. The van der Waals surface area contributed by atoms with Crippen LogP contribution < -0.4 is 27.4 Å². The molecule has 1 saturated carbocycles. The highest BCUT2D eigenvalue weighted by molar-refractivity contribution is 7.90. The molecule has 0 unspecified atom stereocenters. The van der Waals surface area contributed by atoms with Crippen LogP contribution in [-0.2, 0) is 55.5 Å². The van der Waals surface area contributed by atoms with Crippen molar-refractivity contribution in [2.75, 3.05) is 58.5 Å². The van der Waals surface area contributed by atoms with Crippen molar-refractivity contribution in [3.05, 3.63) is 71.3 Å². The van der Waals surface area contributed by atoms with Gasteiger partial charge in [-0.2, -0.15) is 13.2 Å². The van der Waals surface area contributed by atoms with Gasteiger partial charge in [0.05, 0.1) is 43.9 Å². The maximum absolute atomic E-state index is 14.0. The molecule has 0 heterocycles. The van der Waals surface area contributed by atoms with E-state index in [0.717, 1.165) is 44.1 Å². The Morgan fingerprint density at radius 1 is 0.825 bits per heavy atom. The average Bonchev–Trinajstić information content (AvgIpc) is 3.23. The van der Waals surface area contributed by atoms with Crippen molar-refractivity contribution in [2.45, 2.75) is 96.2 Å². The van der Waals surface area contributed by atoms with Gasteiger partial charge in [-0.15, -0.1) is 0 Å². The Labute approximate surface area is 369 Å². The maximum Gasteiger partial charge on any atom is 0.490 e. The number of sulfone groups is 1. The van der Waals surface area contributed by atoms with Crippen molar-refractivity contribution in [1.82, 2.24) is 16.0 Å². The van der Waals surface area contributed by atoms with E-state index in [2.05, 4.69) is 16.0 Å². The Morgan fingerprint density at radius 2 is 1.40 bits per heavy atom. The number of carboxylic acids is 1. The van der Waals surface area contributed by atoms with E-state index in [4.69, 9.17) is 41.0 Å². The summed E-state index contributed by atoms with van der Waals surface area (Å²) in [6.07, 6.45) is 1.76. The third-order valence-corrected chi connectivity index (χ3v) is 11.4. The van der Waals surface area contributed by atoms with E-state index in [9.17, 15) is 36.0 Å². The fraction of sp³-hybridized carbons (Fsp3) is 0.605. The molecule has 0 spiro atoms. The number of alkyl halides is 3. The zero-order valence-corrected chi connectivity index (χ0v) is 35.9. The lowest BCUT2D eigenvalue weighted by Crippen LogP contribution is -2.50. The molecular weight excluding hydrogens is 850 g/mol. The van der Waals surface area contributed by atoms with Crippen molar-refractivity contribution in [3.63, 3.8) is 0 Å². The van der Waals surface area contributed by atoms with Gasteiger partial charge in [0.2, 0.25) is 17.7 Å². The number of carboxylic acid groups (broad SMARTS) is 1. The first kappa shape index (κ1) is 56.4. The summed E-state index contributed by atoms with van der Waals surface area (Å²) >= 11 is 0. The highest BCUT2D eigenvalue weighted by atomic mass is 32.2. The highest BCUT2D eigenvalue weighted by Gasteiger charge is 2.38. The van der Waals surface area contributed by atoms with Gasteiger partial charge in [0.25, 0.3) is 0 Å². The molecule has 3 rings (SSSR count). The van der Waals surface area contributed by atoms with Crippen molar-refractivity contribution in [1.29, 1.82) is 5.41 Å². The topological polar surface area (TPSA) is 262 Å². The number of carbonyl (C=O) groups excluding carboxylic acids is 3. The van der Waals surface area contributed by atoms with Gasteiger partial charge in [-0.3, -0.25) is 19.8 Å². The summed E-state index contributed by atoms with van der Waals surface area (Å²) in [5.74, 6) is -5.25. The minimum absolute atomic E-state index is 0. The molecule has 2 aromatic rings. The van der Waals surface area contributed by atoms with E-state index in [1.807, 2.05) is 6.07 Å². The Morgan fingerprint density at radius 3 is 1.95 bits per heavy atom. The number of benzene rings is 2. The maximum atomic E-state index is 14.0. The number of hydrogen-bond acceptors (Lipinski definition) is 11. The Hall–Kier alpha value is -4.63. The van der Waals surface area contributed by atoms with Crippen LogP contribution in [0.5, 0.6) is 0 Å². The van der Waals surface area contributed by atoms with Gasteiger partial charge in [0.1, 0.15) is 11.9 Å². The lowest BCUT2D eigenvalue weighted by Gasteiger charge is -2.27. The lowest BCUT2D eigenvalue weighted by atomic mass is 9.83. The van der Waals surface area contributed by atoms with Crippen LogP contribution in [-0.4, -0.2) is 114 Å². The minimum Gasteiger partial charge on any atom is -0.475 e. The molecular formula is C43H67F3N6O10S. The third-order valence-electron chi connectivity index (χ3n) is 9.69. The van der Waals surface area contributed by atoms with Gasteiger partial charge in [-0.05, 0) is 49.3 Å². The number of nitrogens with two attached hydrogens (primary N) is 2. The molecule has 1 aliphatic rings. The van der Waals surface area contributed by atoms with Crippen LogP contribution in [0.15, 0.2) is 54.6 Å². The van der Waals surface area contributed by atoms with Gasteiger partial charge >= 0.3 is 12.1 Å². The Balaban J connectivity index is 0.00000228. The molecule has 20 heteroatoms. The zero-order chi connectivity index (χ0) is 45.8. The van der Waals surface area contributed by atoms with Gasteiger partial charge in [-0.1, -0.05) is 94.1 Å². The first-order valence-corrected chi connectivity index (χ1v) is 22.6. The van der Waals surface area contributed by atoms with E-state index in [1.54, 1.807) is 48.5 Å². The third kappa shape index (κ3) is 25.9. The number of ether oxygens (including phenoxy) is 3. The molecule has 0 aliphatic heterocycles. The number of amides is 3. The van der Waals surface area contributed by atoms with Crippen LogP contribution in [0.3, 0.4) is 0 Å². The predicted octanol–water partition coefficient (Wildman–Crippen LogP) is 4.23. The number of nitrogen functional groups attached to an aromatic ring is 1. The number of hydrogen-bond donors (Lipinski definition) is 7. The van der Waals surface area contributed by atoms with Crippen LogP contribution in [0.2, 0.25) is 0 Å². The first-order valence-electron chi connectivity index (χ1n) is 20.8. The largest absolute Gasteiger partial charge is 0.490 e. The van der Waals surface area contributed by atoms with E-state index in [-0.39, 0.29) is 56.0 Å². The van der Waals surface area contributed by atoms with Gasteiger partial charge in [0.15, 0.2) is 9.84 Å². The molecule has 0 bridgehead atoms. The van der Waals surface area contributed by atoms with E-state index >= 15 is 0 Å². The average molecular weight is 917 g/mol. The molecule has 0 aromatic heterocycles. The molecule has 2 atom stereocenters. The number of aliphatic carboxylic acids is 1. The molecule has 2 aromatic carbocycles. The number of halogens is 3. The van der Waals surface area contributed by atoms with Crippen molar-refractivity contribution in [2.24, 2.45) is 23.3 Å². The first-order chi connectivity index (χ1) is 29.5. The standard InChI is InChI=1S/C40H62N6O8S.C2HF3O2.CH4/c41-19-7-21-52-23-25-54-26-24-53-22-8-20-44-37(47)18-17-36(40(49)45-28-32-13-15-34(16-14-32)38(42)43)46-39(48)35(27-31-9-3-1-4-10-31)30-55(50,51)29-33-11-5-2-6-12-33;3-2(4,5)1(6)7;/h2,5-6,11-16,31,35-36H,1,3-4,7-10,17-30,41H2,(H3,42,43)(H,44,47)(H,45,49)(H,46,48);(H,6,7);1H4/t35-,36-;;/m0../s1. The second-order valence-corrected chi connectivity index (χ2v) is 17.0. The summed E-state index contributed by atoms with van der Waals surface area (Å²) in [5.41, 5.74) is 12.9. The van der Waals surface area contributed by atoms with Crippen molar-refractivity contribution < 1.29 is 60.1 Å². The summed E-state index contributed by atoms with van der Waals surface area (Å²) in [6.45, 7) is 4.00. The quantitative estimate of drug-likeness (QED) is 0.0360. The Kier molecular flexibility index (Phi) is 28.0. The summed E-state index contributed by atoms with van der Waals surface area (Å²) < 4.78 is 75.0. The smallest absolute Gasteiger partial charge is 0.475 e. The highest BCUT2D eigenvalue weighted by Crippen LogP contribution is 2.30. The lowest BCUT2D eigenvalue weighted by molar-refractivity contribution is -0.192. The molecule has 16 nitrogen and oxygen atoms in total. The summed E-state index contributed by atoms with van der Waals surface area (Å²) in [6, 6.07) is 14.7. The van der Waals surface area contributed by atoms with E-state index in [1.165, 1.54) is 0 Å². The number of nitrogens with one attached hydrogen (secondary N) is 4. The van der Waals surface area contributed by atoms with Gasteiger partial charge < -0.3 is 46.7 Å². The normalized spacial score (nSPS) is 13.9. The van der Waals surface area contributed by atoms with E-state index < -0.39 is 45.8 Å². The van der Waals surface area contributed by atoms with Crippen LogP contribution in [0.1, 0.15) is 88.3 Å². The van der Waals surface area contributed by atoms with Crippen LogP contribution in [0.4, 0.5) is 13.2 Å². The molecule has 0 saturated heterocycles. The minimum atomic E-state index is -5.08. The monoisotopic (exact) mass is 916 g/mol. The second-order valence-electron chi connectivity index (χ2n) is 14.9. The van der Waals surface area contributed by atoms with Crippen molar-refractivity contribution >= 4 is 39.4 Å². The molecule has 3 amide bonds. The molecule has 1 fully saturated rings. The van der Waals surface area contributed by atoms with Crippen LogP contribution >= 0.6 is 0 Å². The number of carbonyl (C=O) groups is 4. The SMILES string of the molecule is C.N=C(N)c1ccc(CNC(=O)[C@H](CCC(=O)NCCCOCCOCCOCCCN)NC(=O)[C@@H](CC2CCCCC2)CS(=O)(=O)Cc2ccccc2)cc1.O=C(O)C(F)(F)F. The zero-order valence-electron chi connectivity index (χ0n) is 35.1. The molecule has 0 radical (unpaired) electrons. The number of amidine groups is 1. The fourth-order valence-corrected chi connectivity index (χ4v) is 8.15. The summed E-state index contributed by atoms with van der Waals surface area (Å²) in [7, 11) is -3.67. The molecule has 63 heavy (non-hydrogen) atoms. The van der Waals surface area contributed by atoms with E-state index in [0.29, 0.717) is 76.7 Å². The molecule has 9 N–H and O–H groups in total. The summed E-state index contributed by atoms with van der Waals surface area (Å²) in [4.78, 5) is 49.3. The van der Waals surface area contributed by atoms with Gasteiger partial charge in [-0.25, -0.2) is 13.2 Å². The predicted molar refractivity (Wildman–Crippen MR) is 233 cm³/mol. The summed E-state index contributed by atoms with van der Waals surface area (Å²) in [5, 5.41) is 23.3. The fourth-order valence-electron chi connectivity index (χ4n) is 6.44. The van der Waals surface area contributed by atoms with Crippen LogP contribution in [0, 0.1) is 17.2 Å². The van der Waals surface area contributed by atoms with Crippen LogP contribution in [0.25, 0.3) is 0 Å². The van der Waals surface area contributed by atoms with Crippen molar-refractivity contribution in [3.8, 4) is 0 Å². The van der Waals surface area contributed by atoms with Gasteiger partial charge in [0, 0.05) is 38.3 Å². The second kappa shape index (κ2) is 31.3.